The van der Waals surface area contributed by atoms with Gasteiger partial charge in [-0.2, -0.15) is 26.3 Å². The monoisotopic (exact) mass is 240 g/mol. The zero-order chi connectivity index (χ0) is 12.5. The van der Waals surface area contributed by atoms with Gasteiger partial charge in [-0.15, -0.1) is 0 Å². The number of rotatable bonds is 3. The zero-order valence-electron chi connectivity index (χ0n) is 8.16. The van der Waals surface area contributed by atoms with Gasteiger partial charge in [0.1, 0.15) is 0 Å². The van der Waals surface area contributed by atoms with E-state index in [4.69, 9.17) is 0 Å². The van der Waals surface area contributed by atoms with Crippen LogP contribution in [0.3, 0.4) is 0 Å². The average molecular weight is 240 g/mol. The van der Waals surface area contributed by atoms with Crippen molar-refractivity contribution in [1.29, 1.82) is 0 Å². The van der Waals surface area contributed by atoms with Crippen molar-refractivity contribution in [3.63, 3.8) is 0 Å². The molecule has 92 valence electrons. The van der Waals surface area contributed by atoms with Crippen molar-refractivity contribution in [3.8, 4) is 0 Å². The van der Waals surface area contributed by atoms with Gasteiger partial charge in [-0.05, 0) is 13.8 Å². The molecule has 1 atom stereocenters. The molecule has 0 bridgehead atoms. The Morgan fingerprint density at radius 3 is 1.47 bits per heavy atom. The molecule has 1 unspecified atom stereocenters. The first kappa shape index (κ1) is 14.5. The smallest absolute Gasteiger partial charge is 0.356 e. The lowest BCUT2D eigenvalue weighted by Crippen LogP contribution is -2.57. The molecule has 0 heterocycles. The second kappa shape index (κ2) is 4.17. The van der Waals surface area contributed by atoms with Crippen LogP contribution in [0.4, 0.5) is 26.3 Å². The molecule has 8 heteroatoms. The predicted molar refractivity (Wildman–Crippen MR) is 38.1 cm³/mol. The molecule has 0 N–H and O–H groups in total. The SMILES string of the molecule is COC(C)OC(C)(C(F)(F)F)C(F)(F)F. The highest BCUT2D eigenvalue weighted by Crippen LogP contribution is 2.46. The Morgan fingerprint density at radius 2 is 1.27 bits per heavy atom. The first-order valence-corrected chi connectivity index (χ1v) is 3.80. The minimum atomic E-state index is -5.56. The van der Waals surface area contributed by atoms with Gasteiger partial charge in [0.05, 0.1) is 0 Å². The fourth-order valence-electron chi connectivity index (χ4n) is 0.674. The van der Waals surface area contributed by atoms with Crippen molar-refractivity contribution < 1.29 is 35.8 Å². The molecule has 0 amide bonds. The van der Waals surface area contributed by atoms with E-state index < -0.39 is 24.2 Å². The second-order valence-electron chi connectivity index (χ2n) is 2.95. The number of hydrogen-bond donors (Lipinski definition) is 0. The second-order valence-corrected chi connectivity index (χ2v) is 2.95. The van der Waals surface area contributed by atoms with Crippen LogP contribution >= 0.6 is 0 Å². The molecule has 0 aliphatic carbocycles. The molecule has 0 aromatic rings. The number of hydrogen-bond acceptors (Lipinski definition) is 2. The van der Waals surface area contributed by atoms with Crippen LogP contribution < -0.4 is 0 Å². The molecular weight excluding hydrogens is 230 g/mol. The van der Waals surface area contributed by atoms with E-state index in [1.165, 1.54) is 0 Å². The summed E-state index contributed by atoms with van der Waals surface area (Å²) < 4.78 is 81.2. The first-order chi connectivity index (χ1) is 6.45. The van der Waals surface area contributed by atoms with Crippen LogP contribution in [0.2, 0.25) is 0 Å². The molecule has 0 fully saturated rings. The molecule has 15 heavy (non-hydrogen) atoms. The summed E-state index contributed by atoms with van der Waals surface area (Å²) in [5, 5.41) is 0. The molecule has 0 rings (SSSR count). The Hall–Kier alpha value is -0.500. The summed E-state index contributed by atoms with van der Waals surface area (Å²) in [5.41, 5.74) is -4.23. The highest BCUT2D eigenvalue weighted by molar-refractivity contribution is 4.91. The van der Waals surface area contributed by atoms with Crippen LogP contribution in [-0.2, 0) is 9.47 Å². The van der Waals surface area contributed by atoms with Crippen LogP contribution in [0, 0.1) is 0 Å². The van der Waals surface area contributed by atoms with Gasteiger partial charge in [-0.1, -0.05) is 0 Å². The van der Waals surface area contributed by atoms with Crippen molar-refractivity contribution in [2.45, 2.75) is 38.1 Å². The van der Waals surface area contributed by atoms with Gasteiger partial charge in [-0.25, -0.2) is 0 Å². The van der Waals surface area contributed by atoms with Crippen LogP contribution in [0.15, 0.2) is 0 Å². The fraction of sp³-hybridized carbons (Fsp3) is 1.00. The van der Waals surface area contributed by atoms with E-state index in [1.54, 1.807) is 0 Å². The van der Waals surface area contributed by atoms with Crippen LogP contribution in [-0.4, -0.2) is 31.4 Å². The van der Waals surface area contributed by atoms with E-state index in [-0.39, 0.29) is 6.92 Å². The summed E-state index contributed by atoms with van der Waals surface area (Å²) in [7, 11) is 0.942. The Morgan fingerprint density at radius 1 is 0.933 bits per heavy atom. The number of ether oxygens (including phenoxy) is 2. The summed E-state index contributed by atoms with van der Waals surface area (Å²) in [6.07, 6.45) is -12.7. The summed E-state index contributed by atoms with van der Waals surface area (Å²) in [4.78, 5) is 0. The minimum absolute atomic E-state index is 0.0808. The highest BCUT2D eigenvalue weighted by atomic mass is 19.4. The van der Waals surface area contributed by atoms with E-state index >= 15 is 0 Å². The summed E-state index contributed by atoms with van der Waals surface area (Å²) in [6, 6.07) is 0. The highest BCUT2D eigenvalue weighted by Gasteiger charge is 2.69. The fourth-order valence-corrected chi connectivity index (χ4v) is 0.674. The van der Waals surface area contributed by atoms with Gasteiger partial charge in [0.15, 0.2) is 6.29 Å². The lowest BCUT2D eigenvalue weighted by atomic mass is 10.1. The van der Waals surface area contributed by atoms with Gasteiger partial charge in [0.2, 0.25) is 0 Å². The van der Waals surface area contributed by atoms with E-state index in [0.717, 1.165) is 14.0 Å². The Labute approximate surface area is 82.1 Å². The Bertz CT molecular complexity index is 195. The van der Waals surface area contributed by atoms with E-state index in [9.17, 15) is 26.3 Å². The summed E-state index contributed by atoms with van der Waals surface area (Å²) in [5.74, 6) is 0. The van der Waals surface area contributed by atoms with Gasteiger partial charge in [-0.3, -0.25) is 0 Å². The van der Waals surface area contributed by atoms with E-state index in [2.05, 4.69) is 9.47 Å². The van der Waals surface area contributed by atoms with Gasteiger partial charge >= 0.3 is 12.4 Å². The normalized spacial score (nSPS) is 16.6. The molecule has 0 aliphatic rings. The largest absolute Gasteiger partial charge is 0.426 e. The topological polar surface area (TPSA) is 18.5 Å². The number of halogens is 6. The quantitative estimate of drug-likeness (QED) is 0.557. The van der Waals surface area contributed by atoms with Crippen molar-refractivity contribution >= 4 is 0 Å². The van der Waals surface area contributed by atoms with Gasteiger partial charge < -0.3 is 9.47 Å². The van der Waals surface area contributed by atoms with Crippen molar-refractivity contribution in [2.24, 2.45) is 0 Å². The maximum absolute atomic E-state index is 12.2. The number of alkyl halides is 6. The predicted octanol–water partition coefficient (Wildman–Crippen LogP) is 2.88. The van der Waals surface area contributed by atoms with Crippen molar-refractivity contribution in [2.75, 3.05) is 7.11 Å². The zero-order valence-corrected chi connectivity index (χ0v) is 8.16. The number of methoxy groups -OCH3 is 1. The molecule has 0 saturated carbocycles. The Balaban J connectivity index is 5.06. The molecule has 0 aliphatic heterocycles. The third-order valence-corrected chi connectivity index (χ3v) is 1.82. The molecule has 0 spiro atoms. The molecule has 0 aromatic carbocycles. The van der Waals surface area contributed by atoms with Crippen molar-refractivity contribution in [3.05, 3.63) is 0 Å². The third kappa shape index (κ3) is 2.97. The van der Waals surface area contributed by atoms with E-state index in [0.29, 0.717) is 0 Å². The summed E-state index contributed by atoms with van der Waals surface area (Å²) >= 11 is 0. The first-order valence-electron chi connectivity index (χ1n) is 3.80. The maximum Gasteiger partial charge on any atom is 0.426 e. The maximum atomic E-state index is 12.2. The minimum Gasteiger partial charge on any atom is -0.356 e. The van der Waals surface area contributed by atoms with Gasteiger partial charge in [0, 0.05) is 7.11 Å². The molecule has 0 aromatic heterocycles. The Kier molecular flexibility index (Phi) is 4.03. The van der Waals surface area contributed by atoms with Crippen LogP contribution in [0.5, 0.6) is 0 Å². The average Bonchev–Trinajstić information content (AvgIpc) is 1.99. The van der Waals surface area contributed by atoms with Gasteiger partial charge in [0.25, 0.3) is 5.60 Å². The van der Waals surface area contributed by atoms with Crippen LogP contribution in [0.1, 0.15) is 13.8 Å². The molecule has 0 radical (unpaired) electrons. The molecule has 0 saturated heterocycles. The summed E-state index contributed by atoms with van der Waals surface area (Å²) in [6.45, 7) is 0.859. The molecule has 2 nitrogen and oxygen atoms in total. The van der Waals surface area contributed by atoms with Crippen LogP contribution in [0.25, 0.3) is 0 Å². The third-order valence-electron chi connectivity index (χ3n) is 1.82. The van der Waals surface area contributed by atoms with Crippen molar-refractivity contribution in [1.82, 2.24) is 0 Å². The lowest BCUT2D eigenvalue weighted by molar-refractivity contribution is -0.398. The molecular formula is C7H10F6O2. The lowest BCUT2D eigenvalue weighted by Gasteiger charge is -2.35. The standard InChI is InChI=1S/C7H10F6O2/c1-4(14-3)15-5(2,6(8,9)10)7(11,12)13/h4H,1-3H3. The van der Waals surface area contributed by atoms with E-state index in [1.807, 2.05) is 0 Å².